The van der Waals surface area contributed by atoms with Gasteiger partial charge in [-0.3, -0.25) is 4.79 Å². The highest BCUT2D eigenvalue weighted by molar-refractivity contribution is 6.08. The number of hydrogen-bond donors (Lipinski definition) is 2. The average molecular weight is 282 g/mol. The van der Waals surface area contributed by atoms with Crippen LogP contribution in [0.1, 0.15) is 34.0 Å². The molecule has 0 aliphatic rings. The number of para-hydroxylation sites is 1. The van der Waals surface area contributed by atoms with E-state index >= 15 is 0 Å². The van der Waals surface area contributed by atoms with Crippen molar-refractivity contribution in [3.8, 4) is 0 Å². The molecule has 0 saturated carbocycles. The van der Waals surface area contributed by atoms with Crippen LogP contribution in [0.25, 0.3) is 0 Å². The molecule has 0 radical (unpaired) electrons. The smallest absolute Gasteiger partial charge is 0.257 e. The van der Waals surface area contributed by atoms with Gasteiger partial charge in [-0.2, -0.15) is 0 Å². The van der Waals surface area contributed by atoms with Crippen LogP contribution >= 0.6 is 0 Å². The summed E-state index contributed by atoms with van der Waals surface area (Å²) in [6, 6.07) is 11.9. The van der Waals surface area contributed by atoms with Crippen molar-refractivity contribution < 1.29 is 4.79 Å². The molecule has 0 fully saturated rings. The number of carbonyl (C=O) groups is 1. The lowest BCUT2D eigenvalue weighted by molar-refractivity contribution is 0.102. The highest BCUT2D eigenvalue weighted by atomic mass is 16.1. The monoisotopic (exact) mass is 282 g/mol. The van der Waals surface area contributed by atoms with Crippen molar-refractivity contribution in [2.75, 3.05) is 17.7 Å². The Balaban J connectivity index is 2.37. The van der Waals surface area contributed by atoms with Crippen LogP contribution in [0.4, 0.5) is 11.4 Å². The maximum atomic E-state index is 12.6. The molecule has 0 atom stereocenters. The molecule has 0 heterocycles. The molecule has 1 amide bonds. The molecular weight excluding hydrogens is 260 g/mol. The number of benzene rings is 2. The normalized spacial score (nSPS) is 10.3. The van der Waals surface area contributed by atoms with Crippen LogP contribution in [0.5, 0.6) is 0 Å². The number of rotatable bonds is 4. The van der Waals surface area contributed by atoms with Crippen molar-refractivity contribution in [2.24, 2.45) is 0 Å². The Morgan fingerprint density at radius 3 is 2.57 bits per heavy atom. The quantitative estimate of drug-likeness (QED) is 0.884. The van der Waals surface area contributed by atoms with Gasteiger partial charge >= 0.3 is 0 Å². The minimum Gasteiger partial charge on any atom is -0.387 e. The summed E-state index contributed by atoms with van der Waals surface area (Å²) in [6.07, 6.45) is 0.893. The van der Waals surface area contributed by atoms with E-state index in [9.17, 15) is 4.79 Å². The lowest BCUT2D eigenvalue weighted by Crippen LogP contribution is -2.16. The van der Waals surface area contributed by atoms with Crippen LogP contribution < -0.4 is 10.6 Å². The standard InChI is InChI=1S/C18H22N2O/c1-5-14-8-6-7-13(3)17(14)20-18(21)15-11-12(2)9-10-16(15)19-4/h6-11,19H,5H2,1-4H3,(H,20,21). The Morgan fingerprint density at radius 2 is 1.90 bits per heavy atom. The number of amides is 1. The van der Waals surface area contributed by atoms with Crippen LogP contribution in [-0.2, 0) is 6.42 Å². The second kappa shape index (κ2) is 6.44. The van der Waals surface area contributed by atoms with Gasteiger partial charge in [0.25, 0.3) is 5.91 Å². The molecule has 2 aromatic carbocycles. The van der Waals surface area contributed by atoms with Crippen LogP contribution in [0, 0.1) is 13.8 Å². The lowest BCUT2D eigenvalue weighted by Gasteiger charge is -2.15. The number of carbonyl (C=O) groups excluding carboxylic acids is 1. The second-order valence-electron chi connectivity index (χ2n) is 5.22. The molecule has 2 N–H and O–H groups in total. The molecule has 2 aromatic rings. The van der Waals surface area contributed by atoms with Gasteiger partial charge in [0.1, 0.15) is 0 Å². The first-order valence-corrected chi connectivity index (χ1v) is 7.25. The summed E-state index contributed by atoms with van der Waals surface area (Å²) < 4.78 is 0. The molecular formula is C18H22N2O. The summed E-state index contributed by atoms with van der Waals surface area (Å²) in [7, 11) is 1.83. The minimum absolute atomic E-state index is 0.0768. The Labute approximate surface area is 126 Å². The SMILES string of the molecule is CCc1cccc(C)c1NC(=O)c1cc(C)ccc1NC. The van der Waals surface area contributed by atoms with Gasteiger partial charge in [-0.1, -0.05) is 36.8 Å². The predicted molar refractivity (Wildman–Crippen MR) is 89.2 cm³/mol. The van der Waals surface area contributed by atoms with E-state index in [-0.39, 0.29) is 5.91 Å². The van der Waals surface area contributed by atoms with Crippen molar-refractivity contribution in [3.63, 3.8) is 0 Å². The van der Waals surface area contributed by atoms with Crippen LogP contribution in [-0.4, -0.2) is 13.0 Å². The average Bonchev–Trinajstić information content (AvgIpc) is 2.49. The Kier molecular flexibility index (Phi) is 4.63. The molecule has 2 rings (SSSR count). The summed E-state index contributed by atoms with van der Waals surface area (Å²) in [4.78, 5) is 12.6. The van der Waals surface area contributed by atoms with Crippen molar-refractivity contribution in [1.29, 1.82) is 0 Å². The van der Waals surface area contributed by atoms with Gasteiger partial charge in [0.15, 0.2) is 0 Å². The van der Waals surface area contributed by atoms with E-state index in [1.807, 2.05) is 51.2 Å². The lowest BCUT2D eigenvalue weighted by atomic mass is 10.0. The maximum absolute atomic E-state index is 12.6. The van der Waals surface area contributed by atoms with Crippen molar-refractivity contribution >= 4 is 17.3 Å². The molecule has 0 aromatic heterocycles. The first-order valence-electron chi connectivity index (χ1n) is 7.25. The van der Waals surface area contributed by atoms with Crippen LogP contribution in [0.2, 0.25) is 0 Å². The van der Waals surface area contributed by atoms with Gasteiger partial charge in [0.05, 0.1) is 5.56 Å². The maximum Gasteiger partial charge on any atom is 0.257 e. The van der Waals surface area contributed by atoms with E-state index in [1.165, 1.54) is 0 Å². The first kappa shape index (κ1) is 15.1. The van der Waals surface area contributed by atoms with Crippen molar-refractivity contribution in [2.45, 2.75) is 27.2 Å². The van der Waals surface area contributed by atoms with Gasteiger partial charge in [0, 0.05) is 18.4 Å². The molecule has 0 unspecified atom stereocenters. The first-order chi connectivity index (χ1) is 10.1. The van der Waals surface area contributed by atoms with Gasteiger partial charge in [-0.25, -0.2) is 0 Å². The zero-order chi connectivity index (χ0) is 15.4. The van der Waals surface area contributed by atoms with Crippen molar-refractivity contribution in [1.82, 2.24) is 0 Å². The van der Waals surface area contributed by atoms with Crippen LogP contribution in [0.15, 0.2) is 36.4 Å². The third kappa shape index (κ3) is 3.24. The molecule has 0 saturated heterocycles. The highest BCUT2D eigenvalue weighted by Gasteiger charge is 2.14. The van der Waals surface area contributed by atoms with Crippen molar-refractivity contribution in [3.05, 3.63) is 58.7 Å². The van der Waals surface area contributed by atoms with E-state index in [0.717, 1.165) is 34.5 Å². The molecule has 3 nitrogen and oxygen atoms in total. The molecule has 21 heavy (non-hydrogen) atoms. The van der Waals surface area contributed by atoms with Gasteiger partial charge in [-0.05, 0) is 43.5 Å². The van der Waals surface area contributed by atoms with Gasteiger partial charge in [-0.15, -0.1) is 0 Å². The zero-order valence-corrected chi connectivity index (χ0v) is 13.1. The van der Waals surface area contributed by atoms with Crippen LogP contribution in [0.3, 0.4) is 0 Å². The van der Waals surface area contributed by atoms with E-state index in [0.29, 0.717) is 5.56 Å². The highest BCUT2D eigenvalue weighted by Crippen LogP contribution is 2.24. The van der Waals surface area contributed by atoms with Gasteiger partial charge in [0.2, 0.25) is 0 Å². The third-order valence-corrected chi connectivity index (χ3v) is 3.67. The van der Waals surface area contributed by atoms with E-state index in [1.54, 1.807) is 0 Å². The summed E-state index contributed by atoms with van der Waals surface area (Å²) in [5, 5.41) is 6.14. The number of nitrogens with one attached hydrogen (secondary N) is 2. The summed E-state index contributed by atoms with van der Waals surface area (Å²) in [5.74, 6) is -0.0768. The Hall–Kier alpha value is -2.29. The Morgan fingerprint density at radius 1 is 1.14 bits per heavy atom. The molecule has 0 bridgehead atoms. The number of anilines is 2. The Bertz CT molecular complexity index is 662. The summed E-state index contributed by atoms with van der Waals surface area (Å²) in [5.41, 5.74) is 5.74. The fourth-order valence-electron chi connectivity index (χ4n) is 2.45. The van der Waals surface area contributed by atoms with E-state index in [4.69, 9.17) is 0 Å². The number of aryl methyl sites for hydroxylation is 3. The topological polar surface area (TPSA) is 41.1 Å². The fourth-order valence-corrected chi connectivity index (χ4v) is 2.45. The molecule has 0 aliphatic heterocycles. The minimum atomic E-state index is -0.0768. The number of hydrogen-bond acceptors (Lipinski definition) is 2. The predicted octanol–water partition coefficient (Wildman–Crippen LogP) is 4.16. The fraction of sp³-hybridized carbons (Fsp3) is 0.278. The molecule has 0 aliphatic carbocycles. The summed E-state index contributed by atoms with van der Waals surface area (Å²) in [6.45, 7) is 6.10. The molecule has 3 heteroatoms. The largest absolute Gasteiger partial charge is 0.387 e. The zero-order valence-electron chi connectivity index (χ0n) is 13.1. The summed E-state index contributed by atoms with van der Waals surface area (Å²) >= 11 is 0. The second-order valence-corrected chi connectivity index (χ2v) is 5.22. The molecule has 0 spiro atoms. The van der Waals surface area contributed by atoms with E-state index < -0.39 is 0 Å². The molecule has 110 valence electrons. The van der Waals surface area contributed by atoms with Gasteiger partial charge < -0.3 is 10.6 Å². The van der Waals surface area contributed by atoms with E-state index in [2.05, 4.69) is 23.6 Å². The third-order valence-electron chi connectivity index (χ3n) is 3.67.